The second-order valence-electron chi connectivity index (χ2n) is 3.22. The van der Waals surface area contributed by atoms with Crippen LogP contribution in [0.1, 0.15) is 6.92 Å². The van der Waals surface area contributed by atoms with Crippen molar-refractivity contribution < 1.29 is 9.53 Å². The van der Waals surface area contributed by atoms with Crippen LogP contribution in [0.4, 0.5) is 4.79 Å². The highest BCUT2D eigenvalue weighted by molar-refractivity contribution is 6.19. The topological polar surface area (TPSA) is 32.8 Å². The molecule has 1 amide bonds. The van der Waals surface area contributed by atoms with Crippen LogP contribution in [0.5, 0.6) is 0 Å². The van der Waals surface area contributed by atoms with Crippen LogP contribution in [0.25, 0.3) is 0 Å². The Bertz CT molecular complexity index is 179. The third-order valence-corrected chi connectivity index (χ3v) is 2.11. The minimum Gasteiger partial charge on any atom is -0.430 e. The van der Waals surface area contributed by atoms with E-state index in [2.05, 4.69) is 4.90 Å². The molecule has 0 radical (unpaired) electrons. The summed E-state index contributed by atoms with van der Waals surface area (Å²) in [7, 11) is 2.03. The molecule has 0 aromatic carbocycles. The largest absolute Gasteiger partial charge is 0.430 e. The molecule has 1 rings (SSSR count). The predicted octanol–water partition coefficient (Wildman–Crippen LogP) is 0.955. The van der Waals surface area contributed by atoms with Gasteiger partial charge in [-0.1, -0.05) is 11.6 Å². The summed E-state index contributed by atoms with van der Waals surface area (Å²) < 4.78 is 4.86. The average Bonchev–Trinajstić information content (AvgIpc) is 2.04. The Morgan fingerprint density at radius 2 is 1.92 bits per heavy atom. The molecule has 76 valence electrons. The zero-order valence-corrected chi connectivity index (χ0v) is 8.75. The molecule has 4 nitrogen and oxygen atoms in total. The first-order valence-electron chi connectivity index (χ1n) is 4.38. The SMILES string of the molecule is CC(Cl)OC(=O)N1CCN(C)CC1. The van der Waals surface area contributed by atoms with E-state index in [1.165, 1.54) is 0 Å². The number of hydrogen-bond donors (Lipinski definition) is 0. The molecule has 1 fully saturated rings. The second-order valence-corrected chi connectivity index (χ2v) is 3.83. The highest BCUT2D eigenvalue weighted by atomic mass is 35.5. The van der Waals surface area contributed by atoms with Gasteiger partial charge in [0, 0.05) is 26.2 Å². The van der Waals surface area contributed by atoms with Crippen LogP contribution in [-0.4, -0.2) is 54.7 Å². The summed E-state index contributed by atoms with van der Waals surface area (Å²) in [6.07, 6.45) is -0.310. The Morgan fingerprint density at radius 3 is 2.38 bits per heavy atom. The van der Waals surface area contributed by atoms with Gasteiger partial charge < -0.3 is 14.5 Å². The van der Waals surface area contributed by atoms with Crippen LogP contribution in [0, 0.1) is 0 Å². The fourth-order valence-electron chi connectivity index (χ4n) is 1.20. The maximum Gasteiger partial charge on any atom is 0.411 e. The van der Waals surface area contributed by atoms with Gasteiger partial charge in [-0.25, -0.2) is 4.79 Å². The van der Waals surface area contributed by atoms with E-state index in [0.29, 0.717) is 0 Å². The Kier molecular flexibility index (Phi) is 3.81. The van der Waals surface area contributed by atoms with E-state index in [9.17, 15) is 4.79 Å². The van der Waals surface area contributed by atoms with Gasteiger partial charge >= 0.3 is 6.09 Å². The summed E-state index contributed by atoms with van der Waals surface area (Å²) in [6.45, 7) is 4.87. The molecular weight excluding hydrogens is 192 g/mol. The van der Waals surface area contributed by atoms with Crippen molar-refractivity contribution in [2.75, 3.05) is 33.2 Å². The number of rotatable bonds is 1. The number of amides is 1. The van der Waals surface area contributed by atoms with Gasteiger partial charge in [-0.3, -0.25) is 0 Å². The maximum atomic E-state index is 11.3. The molecule has 0 bridgehead atoms. The zero-order valence-electron chi connectivity index (χ0n) is 7.99. The highest BCUT2D eigenvalue weighted by Crippen LogP contribution is 2.05. The van der Waals surface area contributed by atoms with Crippen LogP contribution in [0.15, 0.2) is 0 Å². The van der Waals surface area contributed by atoms with Gasteiger partial charge in [-0.2, -0.15) is 0 Å². The van der Waals surface area contributed by atoms with E-state index >= 15 is 0 Å². The zero-order chi connectivity index (χ0) is 9.84. The number of carbonyl (C=O) groups is 1. The van der Waals surface area contributed by atoms with E-state index in [0.717, 1.165) is 26.2 Å². The lowest BCUT2D eigenvalue weighted by atomic mass is 10.3. The van der Waals surface area contributed by atoms with Gasteiger partial charge in [0.25, 0.3) is 0 Å². The summed E-state index contributed by atoms with van der Waals surface area (Å²) in [6, 6.07) is 0. The van der Waals surface area contributed by atoms with Gasteiger partial charge in [0.05, 0.1) is 0 Å². The summed E-state index contributed by atoms with van der Waals surface area (Å²) in [5.74, 6) is 0. The summed E-state index contributed by atoms with van der Waals surface area (Å²) in [5.41, 5.74) is -0.549. The van der Waals surface area contributed by atoms with Gasteiger partial charge in [0.1, 0.15) is 0 Å². The Balaban J connectivity index is 2.31. The van der Waals surface area contributed by atoms with Crippen LogP contribution in [0.3, 0.4) is 0 Å². The second kappa shape index (κ2) is 4.67. The normalized spacial score (nSPS) is 21.3. The lowest BCUT2D eigenvalue weighted by molar-refractivity contribution is 0.0766. The molecule has 0 aromatic heterocycles. The number of piperazine rings is 1. The van der Waals surface area contributed by atoms with Gasteiger partial charge in [-0.05, 0) is 14.0 Å². The van der Waals surface area contributed by atoms with Crippen LogP contribution in [-0.2, 0) is 4.74 Å². The summed E-state index contributed by atoms with van der Waals surface area (Å²) in [4.78, 5) is 15.2. The van der Waals surface area contributed by atoms with E-state index < -0.39 is 5.56 Å². The standard InChI is InChI=1S/C8H15ClN2O2/c1-7(9)13-8(12)11-5-3-10(2)4-6-11/h7H,3-6H2,1-2H3. The fourth-order valence-corrected chi connectivity index (χ4v) is 1.28. The lowest BCUT2D eigenvalue weighted by Gasteiger charge is -2.31. The molecule has 0 aliphatic carbocycles. The molecule has 1 atom stereocenters. The van der Waals surface area contributed by atoms with Gasteiger partial charge in [0.15, 0.2) is 5.56 Å². The Labute approximate surface area is 83.4 Å². The minimum absolute atomic E-state index is 0.310. The van der Waals surface area contributed by atoms with Gasteiger partial charge in [0.2, 0.25) is 0 Å². The summed E-state index contributed by atoms with van der Waals surface area (Å²) in [5, 5.41) is 0. The predicted molar refractivity (Wildman–Crippen MR) is 50.9 cm³/mol. The Hall–Kier alpha value is -0.480. The number of nitrogens with zero attached hydrogens (tertiary/aromatic N) is 2. The monoisotopic (exact) mass is 206 g/mol. The molecule has 0 aromatic rings. The number of ether oxygens (including phenoxy) is 1. The molecule has 13 heavy (non-hydrogen) atoms. The maximum absolute atomic E-state index is 11.3. The van der Waals surface area contributed by atoms with Crippen molar-refractivity contribution in [1.82, 2.24) is 9.80 Å². The molecule has 1 heterocycles. The van der Waals surface area contributed by atoms with Crippen molar-refractivity contribution in [3.8, 4) is 0 Å². The minimum atomic E-state index is -0.549. The van der Waals surface area contributed by atoms with Crippen LogP contribution >= 0.6 is 11.6 Å². The van der Waals surface area contributed by atoms with Crippen LogP contribution in [0.2, 0.25) is 0 Å². The molecule has 1 aliphatic heterocycles. The smallest absolute Gasteiger partial charge is 0.411 e. The van der Waals surface area contributed by atoms with Crippen molar-refractivity contribution in [2.45, 2.75) is 12.5 Å². The molecule has 5 heteroatoms. The molecule has 0 spiro atoms. The third kappa shape index (κ3) is 3.40. The number of carbonyl (C=O) groups excluding carboxylic acids is 1. The van der Waals surface area contributed by atoms with E-state index in [-0.39, 0.29) is 6.09 Å². The number of hydrogen-bond acceptors (Lipinski definition) is 3. The molecule has 1 aliphatic rings. The molecule has 1 unspecified atom stereocenters. The molecule has 0 saturated carbocycles. The van der Waals surface area contributed by atoms with Crippen molar-refractivity contribution in [3.05, 3.63) is 0 Å². The van der Waals surface area contributed by atoms with E-state index in [1.807, 2.05) is 7.05 Å². The average molecular weight is 207 g/mol. The first-order chi connectivity index (χ1) is 6.09. The molecular formula is C8H15ClN2O2. The van der Waals surface area contributed by atoms with Crippen LogP contribution < -0.4 is 0 Å². The molecule has 0 N–H and O–H groups in total. The number of halogens is 1. The summed E-state index contributed by atoms with van der Waals surface area (Å²) >= 11 is 5.54. The van der Waals surface area contributed by atoms with E-state index in [1.54, 1.807) is 11.8 Å². The number of alkyl halides is 1. The first kappa shape index (κ1) is 10.6. The number of likely N-dealkylation sites (N-methyl/N-ethyl adjacent to an activating group) is 1. The molecule has 1 saturated heterocycles. The van der Waals surface area contributed by atoms with E-state index in [4.69, 9.17) is 16.3 Å². The lowest BCUT2D eigenvalue weighted by Crippen LogP contribution is -2.47. The Morgan fingerprint density at radius 1 is 1.38 bits per heavy atom. The van der Waals surface area contributed by atoms with Crippen molar-refractivity contribution >= 4 is 17.7 Å². The first-order valence-corrected chi connectivity index (χ1v) is 4.81. The van der Waals surface area contributed by atoms with Crippen molar-refractivity contribution in [3.63, 3.8) is 0 Å². The fraction of sp³-hybridized carbons (Fsp3) is 0.875. The van der Waals surface area contributed by atoms with Crippen molar-refractivity contribution in [2.24, 2.45) is 0 Å². The van der Waals surface area contributed by atoms with Gasteiger partial charge in [-0.15, -0.1) is 0 Å². The third-order valence-electron chi connectivity index (χ3n) is 2.02. The quantitative estimate of drug-likeness (QED) is 0.599. The van der Waals surface area contributed by atoms with Crippen molar-refractivity contribution in [1.29, 1.82) is 0 Å². The highest BCUT2D eigenvalue weighted by Gasteiger charge is 2.20.